The van der Waals surface area contributed by atoms with E-state index in [9.17, 15) is 0 Å². The molecule has 0 spiro atoms. The van der Waals surface area contributed by atoms with Gasteiger partial charge in [0.25, 0.3) is 0 Å². The van der Waals surface area contributed by atoms with E-state index in [0.717, 1.165) is 46.2 Å². The van der Waals surface area contributed by atoms with Crippen molar-refractivity contribution in [1.82, 2.24) is 9.99 Å². The lowest BCUT2D eigenvalue weighted by atomic mass is 9.96. The zero-order valence-electron chi connectivity index (χ0n) is 17.0. The van der Waals surface area contributed by atoms with Crippen molar-refractivity contribution < 1.29 is 14.2 Å². The number of fused-ring (bicyclic) bond motifs is 3. The van der Waals surface area contributed by atoms with Gasteiger partial charge in [0.15, 0.2) is 11.5 Å². The summed E-state index contributed by atoms with van der Waals surface area (Å²) in [7, 11) is 1.67. The minimum absolute atomic E-state index is 0.0539. The molecule has 0 fully saturated rings. The highest BCUT2D eigenvalue weighted by Gasteiger charge is 2.42. The largest absolute Gasteiger partial charge is 0.497 e. The Balaban J connectivity index is 1.58. The smallest absolute Gasteiger partial charge is 0.230 e. The first-order valence-electron chi connectivity index (χ1n) is 10.1. The fourth-order valence-electron chi connectivity index (χ4n) is 4.03. The van der Waals surface area contributed by atoms with Crippen LogP contribution in [0, 0.1) is 0 Å². The van der Waals surface area contributed by atoms with Crippen molar-refractivity contribution >= 4 is 5.71 Å². The topological polar surface area (TPSA) is 56.2 Å². The van der Waals surface area contributed by atoms with Crippen LogP contribution in [0.2, 0.25) is 0 Å². The van der Waals surface area contributed by atoms with Gasteiger partial charge in [-0.05, 0) is 55.0 Å². The summed E-state index contributed by atoms with van der Waals surface area (Å²) in [5, 5.41) is 7.00. The molecule has 0 saturated carbocycles. The van der Waals surface area contributed by atoms with Crippen molar-refractivity contribution in [1.29, 1.82) is 0 Å². The molecule has 6 nitrogen and oxygen atoms in total. The van der Waals surface area contributed by atoms with Gasteiger partial charge in [-0.3, -0.25) is 4.98 Å². The van der Waals surface area contributed by atoms with E-state index in [1.807, 2.05) is 66.5 Å². The van der Waals surface area contributed by atoms with Gasteiger partial charge in [0, 0.05) is 18.2 Å². The third-order valence-electron chi connectivity index (χ3n) is 5.44. The van der Waals surface area contributed by atoms with Gasteiger partial charge in [-0.2, -0.15) is 5.10 Å². The van der Waals surface area contributed by atoms with E-state index >= 15 is 0 Å². The Morgan fingerprint density at radius 2 is 1.93 bits per heavy atom. The van der Waals surface area contributed by atoms with Gasteiger partial charge in [0.05, 0.1) is 25.5 Å². The maximum atomic E-state index is 6.45. The average molecular weight is 401 g/mol. The number of pyridine rings is 1. The lowest BCUT2D eigenvalue weighted by molar-refractivity contribution is -0.0240. The van der Waals surface area contributed by atoms with Gasteiger partial charge >= 0.3 is 0 Å². The van der Waals surface area contributed by atoms with Gasteiger partial charge in [-0.15, -0.1) is 0 Å². The Bertz CT molecular complexity index is 1070. The fourth-order valence-corrected chi connectivity index (χ4v) is 4.03. The van der Waals surface area contributed by atoms with Crippen molar-refractivity contribution in [3.05, 3.63) is 83.7 Å². The number of hydrogen-bond acceptors (Lipinski definition) is 6. The Morgan fingerprint density at radius 1 is 1.07 bits per heavy atom. The van der Waals surface area contributed by atoms with Crippen LogP contribution < -0.4 is 14.2 Å². The van der Waals surface area contributed by atoms with Gasteiger partial charge in [0.2, 0.25) is 6.23 Å². The molecule has 0 amide bonds. The maximum absolute atomic E-state index is 6.45. The molecule has 0 unspecified atom stereocenters. The zero-order valence-corrected chi connectivity index (χ0v) is 17.0. The quantitative estimate of drug-likeness (QED) is 0.619. The number of methoxy groups -OCH3 is 1. The fraction of sp³-hybridized carbons (Fsp3) is 0.250. The van der Waals surface area contributed by atoms with Crippen LogP contribution in [0.3, 0.4) is 0 Å². The highest BCUT2D eigenvalue weighted by atomic mass is 16.5. The van der Waals surface area contributed by atoms with E-state index in [1.54, 1.807) is 13.3 Å². The number of para-hydroxylation sites is 1. The number of hydrogen-bond donors (Lipinski definition) is 0. The van der Waals surface area contributed by atoms with Crippen LogP contribution in [0.4, 0.5) is 0 Å². The molecule has 0 radical (unpaired) electrons. The third kappa shape index (κ3) is 3.14. The van der Waals surface area contributed by atoms with E-state index in [1.165, 1.54) is 0 Å². The van der Waals surface area contributed by atoms with Crippen LogP contribution in [0.5, 0.6) is 17.2 Å². The van der Waals surface area contributed by atoms with Crippen LogP contribution >= 0.6 is 0 Å². The van der Waals surface area contributed by atoms with Crippen molar-refractivity contribution in [3.63, 3.8) is 0 Å². The number of ether oxygens (including phenoxy) is 3. The standard InChI is InChI=1S/C24H23N3O3/c1-3-29-22-9-6-7-18-21-15-20(16-10-12-17(28-2)13-11-16)26-27(21)24(30-23(18)22)19-8-4-5-14-25-19/h4-14,21,24H,3,15H2,1-2H3/t21-,24+/m1/s1. The summed E-state index contributed by atoms with van der Waals surface area (Å²) in [4.78, 5) is 4.54. The molecule has 0 saturated heterocycles. The van der Waals surface area contributed by atoms with Crippen LogP contribution in [-0.2, 0) is 0 Å². The number of aromatic nitrogens is 1. The third-order valence-corrected chi connectivity index (χ3v) is 5.44. The van der Waals surface area contributed by atoms with Crippen LogP contribution in [0.15, 0.2) is 72.0 Å². The van der Waals surface area contributed by atoms with Gasteiger partial charge in [0.1, 0.15) is 11.4 Å². The summed E-state index contributed by atoms with van der Waals surface area (Å²) in [6.45, 7) is 2.56. The Morgan fingerprint density at radius 3 is 2.67 bits per heavy atom. The summed E-state index contributed by atoms with van der Waals surface area (Å²) < 4.78 is 17.6. The number of nitrogens with zero attached hydrogens (tertiary/aromatic N) is 3. The molecule has 3 heterocycles. The molecule has 2 aliphatic heterocycles. The van der Waals surface area contributed by atoms with E-state index in [2.05, 4.69) is 11.1 Å². The first-order valence-corrected chi connectivity index (χ1v) is 10.1. The average Bonchev–Trinajstić information content (AvgIpc) is 3.25. The number of benzene rings is 2. The Hall–Kier alpha value is -3.54. The van der Waals surface area contributed by atoms with E-state index in [-0.39, 0.29) is 6.04 Å². The van der Waals surface area contributed by atoms with Gasteiger partial charge in [-0.1, -0.05) is 18.2 Å². The molecule has 1 aromatic heterocycles. The molecule has 5 rings (SSSR count). The van der Waals surface area contributed by atoms with Crippen LogP contribution in [-0.4, -0.2) is 29.4 Å². The Labute approximate surface area is 175 Å². The molecule has 152 valence electrons. The summed E-state index contributed by atoms with van der Waals surface area (Å²) in [6, 6.07) is 20.0. The molecule has 3 aromatic rings. The maximum Gasteiger partial charge on any atom is 0.230 e. The molecule has 0 N–H and O–H groups in total. The van der Waals surface area contributed by atoms with Crippen LogP contribution in [0.25, 0.3) is 0 Å². The first kappa shape index (κ1) is 18.5. The van der Waals surface area contributed by atoms with Crippen molar-refractivity contribution in [2.24, 2.45) is 5.10 Å². The second-order valence-electron chi connectivity index (χ2n) is 7.21. The molecule has 0 aliphatic carbocycles. The lowest BCUT2D eigenvalue weighted by Crippen LogP contribution is -2.34. The predicted octanol–water partition coefficient (Wildman–Crippen LogP) is 4.73. The predicted molar refractivity (Wildman–Crippen MR) is 114 cm³/mol. The molecule has 2 aliphatic rings. The summed E-state index contributed by atoms with van der Waals surface area (Å²) >= 11 is 0. The van der Waals surface area contributed by atoms with E-state index in [4.69, 9.17) is 19.3 Å². The summed E-state index contributed by atoms with van der Waals surface area (Å²) in [5.74, 6) is 2.37. The van der Waals surface area contributed by atoms with E-state index < -0.39 is 6.23 Å². The number of hydrazone groups is 1. The second-order valence-corrected chi connectivity index (χ2v) is 7.21. The van der Waals surface area contributed by atoms with Gasteiger partial charge in [-0.25, -0.2) is 5.01 Å². The summed E-state index contributed by atoms with van der Waals surface area (Å²) in [5.41, 5.74) is 3.99. The van der Waals surface area contributed by atoms with Gasteiger partial charge < -0.3 is 14.2 Å². The minimum Gasteiger partial charge on any atom is -0.497 e. The van der Waals surface area contributed by atoms with Crippen molar-refractivity contribution in [3.8, 4) is 17.2 Å². The SMILES string of the molecule is CCOc1cccc2c1O[C@@H](c1ccccn1)N1N=C(c3ccc(OC)cc3)C[C@H]21. The molecule has 2 aromatic carbocycles. The first-order chi connectivity index (χ1) is 14.8. The molecular weight excluding hydrogens is 378 g/mol. The Kier molecular flexibility index (Phi) is 4.75. The van der Waals surface area contributed by atoms with E-state index in [0.29, 0.717) is 6.61 Å². The van der Waals surface area contributed by atoms with Crippen molar-refractivity contribution in [2.75, 3.05) is 13.7 Å². The molecule has 6 heteroatoms. The molecule has 2 atom stereocenters. The highest BCUT2D eigenvalue weighted by molar-refractivity contribution is 6.02. The highest BCUT2D eigenvalue weighted by Crippen LogP contribution is 2.50. The lowest BCUT2D eigenvalue weighted by Gasteiger charge is -2.38. The normalized spacial score (nSPS) is 19.4. The zero-order chi connectivity index (χ0) is 20.5. The van der Waals surface area contributed by atoms with Crippen LogP contribution in [0.1, 0.15) is 42.4 Å². The molecule has 30 heavy (non-hydrogen) atoms. The minimum atomic E-state index is -0.416. The second kappa shape index (κ2) is 7.71. The van der Waals surface area contributed by atoms with Crippen molar-refractivity contribution in [2.45, 2.75) is 25.6 Å². The molecule has 0 bridgehead atoms. The number of rotatable bonds is 5. The molecular formula is C24H23N3O3. The summed E-state index contributed by atoms with van der Waals surface area (Å²) in [6.07, 6.45) is 2.14. The monoisotopic (exact) mass is 401 g/mol.